The van der Waals surface area contributed by atoms with Crippen molar-refractivity contribution in [3.05, 3.63) is 93.5 Å². The molecule has 0 atom stereocenters. The summed E-state index contributed by atoms with van der Waals surface area (Å²) in [5.74, 6) is 0.400. The minimum atomic E-state index is -0.181. The first-order chi connectivity index (χ1) is 13.0. The van der Waals surface area contributed by atoms with Gasteiger partial charge in [0.1, 0.15) is 5.75 Å². The second-order valence-electron chi connectivity index (χ2n) is 6.50. The summed E-state index contributed by atoms with van der Waals surface area (Å²) in [7, 11) is 0. The highest BCUT2D eigenvalue weighted by Crippen LogP contribution is 2.26. The summed E-state index contributed by atoms with van der Waals surface area (Å²) in [6.07, 6.45) is 0.787. The van der Waals surface area contributed by atoms with Gasteiger partial charge < -0.3 is 10.1 Å². The molecule has 3 rings (SSSR count). The molecule has 0 aliphatic carbocycles. The summed E-state index contributed by atoms with van der Waals surface area (Å²) in [4.78, 5) is 12.9. The molecule has 0 spiro atoms. The molecule has 0 saturated heterocycles. The van der Waals surface area contributed by atoms with Gasteiger partial charge in [-0.05, 0) is 54.8 Å². The molecule has 0 aliphatic heterocycles. The summed E-state index contributed by atoms with van der Waals surface area (Å²) < 4.78 is 6.76. The molecule has 0 bridgehead atoms. The molecule has 3 aromatic carbocycles. The van der Waals surface area contributed by atoms with Crippen molar-refractivity contribution < 1.29 is 9.53 Å². The summed E-state index contributed by atoms with van der Waals surface area (Å²) >= 11 is 3.45. The largest absolute Gasteiger partial charge is 0.492 e. The summed E-state index contributed by atoms with van der Waals surface area (Å²) in [5.41, 5.74) is 4.66. The fourth-order valence-electron chi connectivity index (χ4n) is 2.79. The average Bonchev–Trinajstić information content (AvgIpc) is 2.66. The van der Waals surface area contributed by atoms with Gasteiger partial charge in [-0.3, -0.25) is 4.79 Å². The molecule has 0 aromatic heterocycles. The zero-order valence-electron chi connectivity index (χ0n) is 15.5. The van der Waals surface area contributed by atoms with E-state index in [-0.39, 0.29) is 5.91 Å². The van der Waals surface area contributed by atoms with Crippen molar-refractivity contribution in [1.29, 1.82) is 0 Å². The van der Waals surface area contributed by atoms with E-state index in [4.69, 9.17) is 4.74 Å². The Morgan fingerprint density at radius 2 is 1.78 bits per heavy atom. The first kappa shape index (κ1) is 19.2. The zero-order valence-corrected chi connectivity index (χ0v) is 17.0. The standard InChI is InChI=1S/C23H22BrNO2/c1-16-8-9-17(2)21(14-16)25-23(26)20-15-19(24)10-11-22(20)27-13-12-18-6-4-3-5-7-18/h3-11,14-15H,12-13H2,1-2H3,(H,25,26). The van der Waals surface area contributed by atoms with E-state index in [1.54, 1.807) is 6.07 Å². The molecule has 0 radical (unpaired) electrons. The lowest BCUT2D eigenvalue weighted by Crippen LogP contribution is -2.15. The molecule has 0 heterocycles. The number of hydrogen-bond donors (Lipinski definition) is 1. The van der Waals surface area contributed by atoms with Crippen molar-refractivity contribution in [3.63, 3.8) is 0 Å². The van der Waals surface area contributed by atoms with E-state index < -0.39 is 0 Å². The van der Waals surface area contributed by atoms with Gasteiger partial charge in [0.15, 0.2) is 0 Å². The van der Waals surface area contributed by atoms with Crippen molar-refractivity contribution in [1.82, 2.24) is 0 Å². The van der Waals surface area contributed by atoms with E-state index in [1.807, 2.05) is 62.4 Å². The maximum absolute atomic E-state index is 12.9. The van der Waals surface area contributed by atoms with Gasteiger partial charge in [0, 0.05) is 16.6 Å². The van der Waals surface area contributed by atoms with E-state index in [0.29, 0.717) is 17.9 Å². The van der Waals surface area contributed by atoms with Crippen LogP contribution in [0, 0.1) is 13.8 Å². The van der Waals surface area contributed by atoms with E-state index in [2.05, 4.69) is 33.4 Å². The highest BCUT2D eigenvalue weighted by Gasteiger charge is 2.15. The molecule has 0 unspecified atom stereocenters. The third kappa shape index (κ3) is 5.20. The number of nitrogens with one attached hydrogen (secondary N) is 1. The number of carbonyl (C=O) groups excluding carboxylic acids is 1. The lowest BCUT2D eigenvalue weighted by atomic mass is 10.1. The predicted molar refractivity (Wildman–Crippen MR) is 114 cm³/mol. The number of halogens is 1. The first-order valence-corrected chi connectivity index (χ1v) is 9.67. The fraction of sp³-hybridized carbons (Fsp3) is 0.174. The second kappa shape index (κ2) is 8.87. The van der Waals surface area contributed by atoms with Gasteiger partial charge in [-0.25, -0.2) is 0 Å². The molecule has 1 N–H and O–H groups in total. The van der Waals surface area contributed by atoms with Crippen LogP contribution in [0.15, 0.2) is 71.2 Å². The van der Waals surface area contributed by atoms with Crippen LogP contribution in [-0.4, -0.2) is 12.5 Å². The van der Waals surface area contributed by atoms with E-state index in [1.165, 1.54) is 5.56 Å². The van der Waals surface area contributed by atoms with Crippen LogP contribution < -0.4 is 10.1 Å². The molecule has 0 saturated carbocycles. The monoisotopic (exact) mass is 423 g/mol. The van der Waals surface area contributed by atoms with Gasteiger partial charge in [-0.15, -0.1) is 0 Å². The van der Waals surface area contributed by atoms with Gasteiger partial charge in [-0.1, -0.05) is 58.4 Å². The van der Waals surface area contributed by atoms with Gasteiger partial charge in [0.2, 0.25) is 0 Å². The van der Waals surface area contributed by atoms with Crippen LogP contribution in [0.5, 0.6) is 5.75 Å². The minimum absolute atomic E-state index is 0.181. The van der Waals surface area contributed by atoms with Crippen molar-refractivity contribution >= 4 is 27.5 Å². The molecule has 3 nitrogen and oxygen atoms in total. The normalized spacial score (nSPS) is 10.5. The summed E-state index contributed by atoms with van der Waals surface area (Å²) in [5, 5.41) is 3.00. The SMILES string of the molecule is Cc1ccc(C)c(NC(=O)c2cc(Br)ccc2OCCc2ccccc2)c1. The number of rotatable bonds is 6. The summed E-state index contributed by atoms with van der Waals surface area (Å²) in [6, 6.07) is 21.7. The fourth-order valence-corrected chi connectivity index (χ4v) is 3.15. The number of amides is 1. The first-order valence-electron chi connectivity index (χ1n) is 8.88. The highest BCUT2D eigenvalue weighted by molar-refractivity contribution is 9.10. The molecule has 138 valence electrons. The quantitative estimate of drug-likeness (QED) is 0.532. The van der Waals surface area contributed by atoms with Crippen molar-refractivity contribution in [2.24, 2.45) is 0 Å². The van der Waals surface area contributed by atoms with Crippen molar-refractivity contribution in [2.45, 2.75) is 20.3 Å². The number of anilines is 1. The number of ether oxygens (including phenoxy) is 1. The van der Waals surface area contributed by atoms with Crippen molar-refractivity contribution in [3.8, 4) is 5.75 Å². The number of benzene rings is 3. The maximum atomic E-state index is 12.9. The van der Waals surface area contributed by atoms with Gasteiger partial charge in [-0.2, -0.15) is 0 Å². The van der Waals surface area contributed by atoms with Crippen LogP contribution in [0.25, 0.3) is 0 Å². The van der Waals surface area contributed by atoms with E-state index in [9.17, 15) is 4.79 Å². The Kier molecular flexibility index (Phi) is 6.30. The second-order valence-corrected chi connectivity index (χ2v) is 7.41. The molecular weight excluding hydrogens is 402 g/mol. The Hall–Kier alpha value is -2.59. The van der Waals surface area contributed by atoms with Gasteiger partial charge in [0.25, 0.3) is 5.91 Å². The van der Waals surface area contributed by atoms with Crippen LogP contribution in [0.4, 0.5) is 5.69 Å². The molecule has 27 heavy (non-hydrogen) atoms. The van der Waals surface area contributed by atoms with E-state index in [0.717, 1.165) is 27.7 Å². The van der Waals surface area contributed by atoms with Crippen LogP contribution in [0.3, 0.4) is 0 Å². The Morgan fingerprint density at radius 3 is 2.56 bits per heavy atom. The zero-order chi connectivity index (χ0) is 19.2. The number of carbonyl (C=O) groups is 1. The van der Waals surface area contributed by atoms with Crippen LogP contribution in [0.1, 0.15) is 27.0 Å². The average molecular weight is 424 g/mol. The third-order valence-corrected chi connectivity index (χ3v) is 4.81. The lowest BCUT2D eigenvalue weighted by molar-refractivity contribution is 0.102. The predicted octanol–water partition coefficient (Wildman–Crippen LogP) is 5.94. The summed E-state index contributed by atoms with van der Waals surface area (Å²) in [6.45, 7) is 4.49. The molecule has 4 heteroatoms. The molecule has 0 fully saturated rings. The Balaban J connectivity index is 1.74. The van der Waals surface area contributed by atoms with Gasteiger partial charge >= 0.3 is 0 Å². The number of hydrogen-bond acceptors (Lipinski definition) is 2. The van der Waals surface area contributed by atoms with Crippen LogP contribution in [0.2, 0.25) is 0 Å². The topological polar surface area (TPSA) is 38.3 Å². The minimum Gasteiger partial charge on any atom is -0.492 e. The van der Waals surface area contributed by atoms with Crippen LogP contribution in [-0.2, 0) is 6.42 Å². The smallest absolute Gasteiger partial charge is 0.259 e. The van der Waals surface area contributed by atoms with Crippen LogP contribution >= 0.6 is 15.9 Å². The number of aryl methyl sites for hydroxylation is 2. The highest BCUT2D eigenvalue weighted by atomic mass is 79.9. The Bertz CT molecular complexity index is 938. The molecular formula is C23H22BrNO2. The molecule has 1 amide bonds. The van der Waals surface area contributed by atoms with E-state index >= 15 is 0 Å². The van der Waals surface area contributed by atoms with Gasteiger partial charge in [0.05, 0.1) is 12.2 Å². The van der Waals surface area contributed by atoms with Crippen molar-refractivity contribution in [2.75, 3.05) is 11.9 Å². The third-order valence-electron chi connectivity index (χ3n) is 4.32. The Morgan fingerprint density at radius 1 is 1.00 bits per heavy atom. The Labute approximate surface area is 168 Å². The maximum Gasteiger partial charge on any atom is 0.259 e. The molecule has 3 aromatic rings. The lowest BCUT2D eigenvalue weighted by Gasteiger charge is -2.14. The molecule has 0 aliphatic rings.